The van der Waals surface area contributed by atoms with Crippen molar-refractivity contribution in [3.8, 4) is 22.5 Å². The average Bonchev–Trinajstić information content (AvgIpc) is 3.04. The molecule has 0 aliphatic heterocycles. The van der Waals surface area contributed by atoms with Crippen molar-refractivity contribution in [1.82, 2.24) is 20.2 Å². The van der Waals surface area contributed by atoms with Crippen LogP contribution in [0.3, 0.4) is 0 Å². The molecule has 128 valence electrons. The Balaban J connectivity index is 2.00. The number of anilines is 1. The van der Waals surface area contributed by atoms with Gasteiger partial charge in [-0.05, 0) is 18.2 Å². The molecule has 10 heteroatoms. The van der Waals surface area contributed by atoms with Gasteiger partial charge in [0.15, 0.2) is 0 Å². The zero-order chi connectivity index (χ0) is 18.0. The predicted molar refractivity (Wildman–Crippen MR) is 89.8 cm³/mol. The quantitative estimate of drug-likeness (QED) is 0.606. The second kappa shape index (κ2) is 6.32. The summed E-state index contributed by atoms with van der Waals surface area (Å²) in [5.41, 5.74) is 2.81. The highest BCUT2D eigenvalue weighted by Crippen LogP contribution is 2.29. The Morgan fingerprint density at radius 2 is 1.92 bits per heavy atom. The summed E-state index contributed by atoms with van der Waals surface area (Å²) in [6.45, 7) is 0. The lowest BCUT2D eigenvalue weighted by Crippen LogP contribution is -2.06. The van der Waals surface area contributed by atoms with E-state index in [4.69, 9.17) is 5.11 Å². The zero-order valence-electron chi connectivity index (χ0n) is 13.0. The molecule has 0 spiro atoms. The van der Waals surface area contributed by atoms with Crippen LogP contribution in [0.1, 0.15) is 0 Å². The first kappa shape index (κ1) is 16.6. The van der Waals surface area contributed by atoms with Gasteiger partial charge in [-0.3, -0.25) is 10.4 Å². The number of aromatic amines is 1. The van der Waals surface area contributed by atoms with E-state index in [2.05, 4.69) is 25.5 Å². The summed E-state index contributed by atoms with van der Waals surface area (Å²) < 4.78 is 23.3. The second-order valence-corrected chi connectivity index (χ2v) is 7.07. The first-order chi connectivity index (χ1) is 11.8. The first-order valence-electron chi connectivity index (χ1n) is 7.02. The lowest BCUT2D eigenvalue weighted by Gasteiger charge is -2.06. The molecule has 0 aliphatic carbocycles. The Morgan fingerprint density at radius 3 is 2.56 bits per heavy atom. The Hall–Kier alpha value is -3.27. The SMILES string of the molecule is CS(=O)(=O)c1nccc(-c2cn[nH]c2-c2ccc(NC(=O)O)cc2)n1. The number of rotatable bonds is 4. The molecule has 0 saturated heterocycles. The van der Waals surface area contributed by atoms with E-state index in [1.165, 1.54) is 12.4 Å². The minimum atomic E-state index is -3.53. The summed E-state index contributed by atoms with van der Waals surface area (Å²) in [5.74, 6) is 0. The van der Waals surface area contributed by atoms with E-state index < -0.39 is 15.9 Å². The number of amides is 1. The molecular formula is C15H13N5O4S. The molecule has 0 bridgehead atoms. The zero-order valence-corrected chi connectivity index (χ0v) is 13.8. The minimum absolute atomic E-state index is 0.266. The first-order valence-corrected chi connectivity index (χ1v) is 8.91. The molecular weight excluding hydrogens is 346 g/mol. The second-order valence-electron chi connectivity index (χ2n) is 5.16. The fourth-order valence-electron chi connectivity index (χ4n) is 2.21. The maximum atomic E-state index is 11.6. The van der Waals surface area contributed by atoms with Crippen molar-refractivity contribution in [2.24, 2.45) is 0 Å². The van der Waals surface area contributed by atoms with Crippen LogP contribution in [0.4, 0.5) is 10.5 Å². The van der Waals surface area contributed by atoms with Crippen LogP contribution in [0.2, 0.25) is 0 Å². The molecule has 0 aliphatic rings. The maximum Gasteiger partial charge on any atom is 0.409 e. The van der Waals surface area contributed by atoms with Crippen molar-refractivity contribution in [2.45, 2.75) is 5.16 Å². The summed E-state index contributed by atoms with van der Waals surface area (Å²) >= 11 is 0. The van der Waals surface area contributed by atoms with Gasteiger partial charge in [0.2, 0.25) is 15.0 Å². The van der Waals surface area contributed by atoms with Crippen LogP contribution >= 0.6 is 0 Å². The van der Waals surface area contributed by atoms with Crippen LogP contribution in [0.25, 0.3) is 22.5 Å². The number of H-pyrrole nitrogens is 1. The van der Waals surface area contributed by atoms with Gasteiger partial charge in [0.05, 0.1) is 17.6 Å². The standard InChI is InChI=1S/C15H13N5O4S/c1-25(23,24)14-16-7-6-12(19-14)11-8-17-20-13(11)9-2-4-10(5-3-9)18-15(21)22/h2-8,18H,1H3,(H,17,20)(H,21,22). The van der Waals surface area contributed by atoms with E-state index in [-0.39, 0.29) is 5.16 Å². The number of nitrogens with zero attached hydrogens (tertiary/aromatic N) is 3. The summed E-state index contributed by atoms with van der Waals surface area (Å²) in [4.78, 5) is 18.5. The number of sulfone groups is 1. The highest BCUT2D eigenvalue weighted by atomic mass is 32.2. The van der Waals surface area contributed by atoms with Gasteiger partial charge >= 0.3 is 6.09 Å². The molecule has 3 rings (SSSR count). The third-order valence-electron chi connectivity index (χ3n) is 3.31. The molecule has 2 aromatic heterocycles. The largest absolute Gasteiger partial charge is 0.465 e. The topological polar surface area (TPSA) is 138 Å². The van der Waals surface area contributed by atoms with Crippen LogP contribution in [0.5, 0.6) is 0 Å². The molecule has 2 heterocycles. The number of hydrogen-bond acceptors (Lipinski definition) is 6. The van der Waals surface area contributed by atoms with Gasteiger partial charge in [0.25, 0.3) is 0 Å². The lowest BCUT2D eigenvalue weighted by molar-refractivity contribution is 0.209. The number of carbonyl (C=O) groups is 1. The third-order valence-corrected chi connectivity index (χ3v) is 4.17. The smallest absolute Gasteiger partial charge is 0.409 e. The Labute approximate surface area is 142 Å². The Kier molecular flexibility index (Phi) is 4.19. The highest BCUT2D eigenvalue weighted by molar-refractivity contribution is 7.90. The van der Waals surface area contributed by atoms with Gasteiger partial charge in [-0.2, -0.15) is 5.10 Å². The molecule has 0 atom stereocenters. The molecule has 0 fully saturated rings. The van der Waals surface area contributed by atoms with Crippen molar-refractivity contribution in [2.75, 3.05) is 11.6 Å². The van der Waals surface area contributed by atoms with Crippen molar-refractivity contribution in [1.29, 1.82) is 0 Å². The molecule has 0 radical (unpaired) electrons. The van der Waals surface area contributed by atoms with Crippen LogP contribution in [0.15, 0.2) is 47.9 Å². The van der Waals surface area contributed by atoms with Gasteiger partial charge < -0.3 is 5.11 Å². The Morgan fingerprint density at radius 1 is 1.20 bits per heavy atom. The van der Waals surface area contributed by atoms with Gasteiger partial charge in [0.1, 0.15) is 0 Å². The third kappa shape index (κ3) is 3.63. The molecule has 0 unspecified atom stereocenters. The van der Waals surface area contributed by atoms with Gasteiger partial charge in [0, 0.05) is 29.3 Å². The number of nitrogens with one attached hydrogen (secondary N) is 2. The number of hydrogen-bond donors (Lipinski definition) is 3. The van der Waals surface area contributed by atoms with E-state index >= 15 is 0 Å². The van der Waals surface area contributed by atoms with E-state index in [0.29, 0.717) is 22.6 Å². The van der Waals surface area contributed by atoms with Crippen LogP contribution in [-0.2, 0) is 9.84 Å². The van der Waals surface area contributed by atoms with Crippen molar-refractivity contribution >= 4 is 21.6 Å². The summed E-state index contributed by atoms with van der Waals surface area (Å²) in [6.07, 6.45) is 2.79. The molecule has 3 aromatic rings. The number of aromatic nitrogens is 4. The minimum Gasteiger partial charge on any atom is -0.465 e. The number of carboxylic acid groups (broad SMARTS) is 1. The number of benzene rings is 1. The van der Waals surface area contributed by atoms with Gasteiger partial charge in [-0.25, -0.2) is 23.2 Å². The van der Waals surface area contributed by atoms with Crippen LogP contribution in [0, 0.1) is 0 Å². The Bertz CT molecular complexity index is 1030. The van der Waals surface area contributed by atoms with Crippen LogP contribution < -0.4 is 5.32 Å². The summed E-state index contributed by atoms with van der Waals surface area (Å²) in [6, 6.07) is 8.22. The van der Waals surface area contributed by atoms with E-state index in [1.807, 2.05) is 0 Å². The van der Waals surface area contributed by atoms with Crippen LogP contribution in [-0.4, -0.2) is 46.0 Å². The van der Waals surface area contributed by atoms with E-state index in [9.17, 15) is 13.2 Å². The van der Waals surface area contributed by atoms with Crippen molar-refractivity contribution in [3.63, 3.8) is 0 Å². The highest BCUT2D eigenvalue weighted by Gasteiger charge is 2.16. The molecule has 1 amide bonds. The molecule has 1 aromatic carbocycles. The molecule has 3 N–H and O–H groups in total. The van der Waals surface area contributed by atoms with E-state index in [1.54, 1.807) is 30.3 Å². The molecule has 0 saturated carbocycles. The van der Waals surface area contributed by atoms with Gasteiger partial charge in [-0.1, -0.05) is 12.1 Å². The molecule has 9 nitrogen and oxygen atoms in total. The monoisotopic (exact) mass is 359 g/mol. The van der Waals surface area contributed by atoms with E-state index in [0.717, 1.165) is 11.8 Å². The molecule has 25 heavy (non-hydrogen) atoms. The lowest BCUT2D eigenvalue weighted by atomic mass is 10.1. The predicted octanol–water partition coefficient (Wildman–Crippen LogP) is 2.03. The maximum absolute atomic E-state index is 11.6. The normalized spacial score (nSPS) is 11.2. The fraction of sp³-hybridized carbons (Fsp3) is 0.0667. The van der Waals surface area contributed by atoms with Crippen molar-refractivity contribution < 1.29 is 18.3 Å². The summed E-state index contributed by atoms with van der Waals surface area (Å²) in [5, 5.41) is 17.5. The average molecular weight is 359 g/mol. The van der Waals surface area contributed by atoms with Gasteiger partial charge in [-0.15, -0.1) is 0 Å². The van der Waals surface area contributed by atoms with Crippen molar-refractivity contribution in [3.05, 3.63) is 42.7 Å². The summed E-state index contributed by atoms with van der Waals surface area (Å²) in [7, 11) is -3.53. The fourth-order valence-corrected chi connectivity index (χ4v) is 2.73.